The third-order valence-electron chi connectivity index (χ3n) is 7.00. The van der Waals surface area contributed by atoms with Crippen LogP contribution in [0, 0.1) is 13.8 Å². The number of carboxylic acids is 1. The van der Waals surface area contributed by atoms with Crippen LogP contribution in [-0.2, 0) is 17.5 Å². The van der Waals surface area contributed by atoms with Crippen LogP contribution < -0.4 is 5.32 Å². The summed E-state index contributed by atoms with van der Waals surface area (Å²) in [6, 6.07) is 7.53. The van der Waals surface area contributed by atoms with Gasteiger partial charge >= 0.3 is 12.1 Å². The van der Waals surface area contributed by atoms with Gasteiger partial charge in [-0.15, -0.1) is 0 Å². The molecular weight excluding hydrogens is 553 g/mol. The quantitative estimate of drug-likeness (QED) is 0.185. The molecule has 216 valence electrons. The number of carbonyl (C=O) groups excluding carboxylic acids is 1. The normalized spacial score (nSPS) is 13.0. The highest BCUT2D eigenvalue weighted by molar-refractivity contribution is 6.31. The predicted octanol–water partition coefficient (Wildman–Crippen LogP) is 8.51. The Bertz CT molecular complexity index is 1600. The lowest BCUT2D eigenvalue weighted by Crippen LogP contribution is -2.27. The lowest BCUT2D eigenvalue weighted by atomic mass is 10.0. The zero-order valence-corrected chi connectivity index (χ0v) is 24.1. The summed E-state index contributed by atoms with van der Waals surface area (Å²) in [5, 5.41) is 12.9. The number of allylic oxidation sites excluding steroid dienone is 5. The lowest BCUT2D eigenvalue weighted by molar-refractivity contribution is -0.137. The van der Waals surface area contributed by atoms with E-state index in [-0.39, 0.29) is 22.6 Å². The maximum absolute atomic E-state index is 13.2. The number of aliphatic carboxylic acids is 1. The number of halogens is 4. The van der Waals surface area contributed by atoms with E-state index in [9.17, 15) is 27.9 Å². The van der Waals surface area contributed by atoms with Gasteiger partial charge in [-0.3, -0.25) is 4.79 Å². The van der Waals surface area contributed by atoms with Crippen molar-refractivity contribution in [2.24, 2.45) is 0 Å². The van der Waals surface area contributed by atoms with Crippen LogP contribution >= 0.6 is 11.6 Å². The number of benzene rings is 2. The van der Waals surface area contributed by atoms with E-state index in [1.807, 2.05) is 19.9 Å². The number of nitrogens with zero attached hydrogens (tertiary/aromatic N) is 1. The highest BCUT2D eigenvalue weighted by atomic mass is 35.5. The van der Waals surface area contributed by atoms with Crippen LogP contribution in [0.3, 0.4) is 0 Å². The van der Waals surface area contributed by atoms with Gasteiger partial charge in [0.25, 0.3) is 5.91 Å². The molecule has 0 fully saturated rings. The molecule has 0 aliphatic carbocycles. The molecule has 0 radical (unpaired) electrons. The number of nitrogens with one attached hydrogen (secondary N) is 1. The van der Waals surface area contributed by atoms with Crippen LogP contribution in [0.25, 0.3) is 10.9 Å². The zero-order chi connectivity index (χ0) is 30.6. The summed E-state index contributed by atoms with van der Waals surface area (Å²) in [7, 11) is 0. The van der Waals surface area contributed by atoms with Crippen molar-refractivity contribution in [1.82, 2.24) is 9.88 Å². The molecule has 3 rings (SSSR count). The second kappa shape index (κ2) is 12.6. The molecule has 2 N–H and O–H groups in total. The summed E-state index contributed by atoms with van der Waals surface area (Å²) in [5.74, 6) is -1.42. The number of hydrogen-bond donors (Lipinski definition) is 2. The van der Waals surface area contributed by atoms with Gasteiger partial charge in [-0.25, -0.2) is 4.79 Å². The predicted molar refractivity (Wildman–Crippen MR) is 157 cm³/mol. The fourth-order valence-corrected chi connectivity index (χ4v) is 4.78. The van der Waals surface area contributed by atoms with Crippen LogP contribution in [0.1, 0.15) is 59.1 Å². The van der Waals surface area contributed by atoms with Gasteiger partial charge < -0.3 is 15.0 Å². The highest BCUT2D eigenvalue weighted by Gasteiger charge is 2.31. The molecule has 2 aromatic carbocycles. The summed E-state index contributed by atoms with van der Waals surface area (Å²) >= 11 is 6.15. The molecule has 1 amide bonds. The molecule has 0 spiro atoms. The molecule has 1 atom stereocenters. The first-order valence-electron chi connectivity index (χ1n) is 12.8. The number of fused-ring (bicyclic) bond motifs is 1. The number of hydrogen-bond acceptors (Lipinski definition) is 2. The Morgan fingerprint density at radius 3 is 2.37 bits per heavy atom. The summed E-state index contributed by atoms with van der Waals surface area (Å²) in [5.41, 5.74) is 4.23. The van der Waals surface area contributed by atoms with Gasteiger partial charge in [-0.2, -0.15) is 13.2 Å². The van der Waals surface area contributed by atoms with Crippen LogP contribution in [-0.4, -0.2) is 21.6 Å². The number of rotatable bonds is 10. The standard InChI is InChI=1S/C32H32ClF3N2O3/c1-7-23(31(40)41)14-18(2)8-9-19(3)17-38-22(6)20(4)26-15-24(10-13-29(26)38)30(39)37-21(5)27-16-25(32(34,35)36)11-12-28(27)33/h7-13,15-16,21H,2-3,14,17H2,1,4-6H3,(H,37,39)(H,40,41)/b9-8-,23-7+/t21-/m1/s1. The molecule has 0 unspecified atom stereocenters. The molecule has 0 aliphatic heterocycles. The SMILES string of the molecule is C=C(/C=C\C(=C)Cn1c(C)c(C)c2cc(C(=O)N[C@H](C)c3cc(C(F)(F)F)ccc3Cl)ccc21)C/C(=C\C)C(=O)O. The molecule has 0 saturated heterocycles. The first-order chi connectivity index (χ1) is 19.1. The van der Waals surface area contributed by atoms with Gasteiger partial charge in [0.05, 0.1) is 11.6 Å². The lowest BCUT2D eigenvalue weighted by Gasteiger charge is -2.18. The van der Waals surface area contributed by atoms with E-state index in [4.69, 9.17) is 11.6 Å². The van der Waals surface area contributed by atoms with Gasteiger partial charge in [0, 0.05) is 45.7 Å². The molecule has 0 saturated carbocycles. The molecule has 1 heterocycles. The topological polar surface area (TPSA) is 71.3 Å². The Labute approximate surface area is 242 Å². The number of aryl methyl sites for hydroxylation is 1. The minimum atomic E-state index is -4.53. The third kappa shape index (κ3) is 7.38. The van der Waals surface area contributed by atoms with Crippen molar-refractivity contribution in [2.45, 2.75) is 52.9 Å². The first kappa shape index (κ1) is 31.5. The fourth-order valence-electron chi connectivity index (χ4n) is 4.50. The number of aromatic nitrogens is 1. The van der Waals surface area contributed by atoms with Crippen LogP contribution in [0.2, 0.25) is 5.02 Å². The fraction of sp³-hybridized carbons (Fsp3) is 0.250. The van der Waals surface area contributed by atoms with E-state index in [0.717, 1.165) is 39.9 Å². The molecule has 3 aromatic rings. The van der Waals surface area contributed by atoms with Crippen LogP contribution in [0.15, 0.2) is 84.5 Å². The number of carboxylic acid groups (broad SMARTS) is 1. The Morgan fingerprint density at radius 1 is 1.10 bits per heavy atom. The first-order valence-corrected chi connectivity index (χ1v) is 13.2. The van der Waals surface area contributed by atoms with Crippen LogP contribution in [0.5, 0.6) is 0 Å². The van der Waals surface area contributed by atoms with Crippen molar-refractivity contribution in [3.05, 3.63) is 117 Å². The van der Waals surface area contributed by atoms with Gasteiger partial charge in [0.2, 0.25) is 0 Å². The van der Waals surface area contributed by atoms with Crippen molar-refractivity contribution in [3.63, 3.8) is 0 Å². The highest BCUT2D eigenvalue weighted by Crippen LogP contribution is 2.34. The van der Waals surface area contributed by atoms with Crippen molar-refractivity contribution in [1.29, 1.82) is 0 Å². The maximum atomic E-state index is 13.2. The molecule has 9 heteroatoms. The monoisotopic (exact) mass is 584 g/mol. The van der Waals surface area contributed by atoms with Crippen LogP contribution in [0.4, 0.5) is 13.2 Å². The van der Waals surface area contributed by atoms with E-state index in [1.165, 1.54) is 6.07 Å². The molecule has 41 heavy (non-hydrogen) atoms. The Morgan fingerprint density at radius 2 is 1.76 bits per heavy atom. The average Bonchev–Trinajstić information content (AvgIpc) is 3.13. The number of carbonyl (C=O) groups is 2. The van der Waals surface area contributed by atoms with Gasteiger partial charge in [-0.1, -0.05) is 48.6 Å². The minimum absolute atomic E-state index is 0.131. The van der Waals surface area contributed by atoms with E-state index >= 15 is 0 Å². The zero-order valence-electron chi connectivity index (χ0n) is 23.3. The van der Waals surface area contributed by atoms with E-state index in [0.29, 0.717) is 17.7 Å². The summed E-state index contributed by atoms with van der Waals surface area (Å²) in [4.78, 5) is 24.3. The third-order valence-corrected chi connectivity index (χ3v) is 7.34. The van der Waals surface area contributed by atoms with Crippen molar-refractivity contribution >= 4 is 34.4 Å². The maximum Gasteiger partial charge on any atom is 0.416 e. The molecule has 5 nitrogen and oxygen atoms in total. The van der Waals surface area contributed by atoms with Crippen molar-refractivity contribution in [3.8, 4) is 0 Å². The van der Waals surface area contributed by atoms with E-state index < -0.39 is 29.7 Å². The Balaban J connectivity index is 1.79. The molecule has 1 aromatic heterocycles. The van der Waals surface area contributed by atoms with Gasteiger partial charge in [-0.05, 0) is 80.8 Å². The number of amides is 1. The van der Waals surface area contributed by atoms with Crippen molar-refractivity contribution in [2.75, 3.05) is 0 Å². The Kier molecular flexibility index (Phi) is 9.71. The summed E-state index contributed by atoms with van der Waals surface area (Å²) in [6.45, 7) is 15.7. The average molecular weight is 585 g/mol. The van der Waals surface area contributed by atoms with E-state index in [1.54, 1.807) is 44.2 Å². The largest absolute Gasteiger partial charge is 0.478 e. The smallest absolute Gasteiger partial charge is 0.416 e. The van der Waals surface area contributed by atoms with Gasteiger partial charge in [0.15, 0.2) is 0 Å². The summed E-state index contributed by atoms with van der Waals surface area (Å²) < 4.78 is 41.6. The second-order valence-corrected chi connectivity index (χ2v) is 10.3. The minimum Gasteiger partial charge on any atom is -0.478 e. The van der Waals surface area contributed by atoms with Gasteiger partial charge in [0.1, 0.15) is 0 Å². The van der Waals surface area contributed by atoms with Crippen molar-refractivity contribution < 1.29 is 27.9 Å². The Hall–Kier alpha value is -4.04. The second-order valence-electron chi connectivity index (χ2n) is 9.90. The molecule has 0 aliphatic rings. The number of alkyl halides is 3. The molecular formula is C32H32ClF3N2O3. The molecule has 0 bridgehead atoms. The van der Waals surface area contributed by atoms with E-state index in [2.05, 4.69) is 23.0 Å². The summed E-state index contributed by atoms with van der Waals surface area (Å²) in [6.07, 6.45) is 0.804.